The highest BCUT2D eigenvalue weighted by Gasteiger charge is 2.15. The summed E-state index contributed by atoms with van der Waals surface area (Å²) in [5.41, 5.74) is 10.3. The fourth-order valence-electron chi connectivity index (χ4n) is 2.88. The lowest BCUT2D eigenvalue weighted by Gasteiger charge is -2.18. The summed E-state index contributed by atoms with van der Waals surface area (Å²) in [4.78, 5) is 0. The number of aryl methyl sites for hydroxylation is 1. The molecule has 0 spiro atoms. The molecule has 0 bridgehead atoms. The average Bonchev–Trinajstić information content (AvgIpc) is 2.55. The van der Waals surface area contributed by atoms with E-state index >= 15 is 0 Å². The van der Waals surface area contributed by atoms with Gasteiger partial charge in [-0.15, -0.1) is 0 Å². The summed E-state index contributed by atoms with van der Waals surface area (Å²) in [6.45, 7) is 2.17. The predicted molar refractivity (Wildman–Crippen MR) is 93.5 cm³/mol. The number of rotatable bonds is 3. The van der Waals surface area contributed by atoms with Crippen LogP contribution in [-0.4, -0.2) is 0 Å². The van der Waals surface area contributed by atoms with Crippen LogP contribution in [0.25, 0.3) is 10.8 Å². The van der Waals surface area contributed by atoms with E-state index < -0.39 is 0 Å². The number of fused-ring (bicyclic) bond motifs is 1. The van der Waals surface area contributed by atoms with Crippen LogP contribution in [0.4, 0.5) is 0 Å². The van der Waals surface area contributed by atoms with E-state index in [1.807, 2.05) is 0 Å². The minimum atomic E-state index is -0.0980. The molecule has 1 atom stereocenters. The van der Waals surface area contributed by atoms with E-state index in [1.54, 1.807) is 0 Å². The predicted octanol–water partition coefficient (Wildman–Crippen LogP) is 5.21. The zero-order chi connectivity index (χ0) is 14.8. The van der Waals surface area contributed by atoms with Gasteiger partial charge in [0.1, 0.15) is 0 Å². The van der Waals surface area contributed by atoms with Crippen molar-refractivity contribution in [2.45, 2.75) is 19.4 Å². The Morgan fingerprint density at radius 2 is 1.52 bits per heavy atom. The van der Waals surface area contributed by atoms with Crippen LogP contribution in [0.15, 0.2) is 65.1 Å². The number of nitrogens with two attached hydrogens (primary N) is 1. The van der Waals surface area contributed by atoms with Gasteiger partial charge in [-0.2, -0.15) is 0 Å². The molecule has 3 aromatic rings. The van der Waals surface area contributed by atoms with Gasteiger partial charge in [0.15, 0.2) is 0 Å². The monoisotopic (exact) mass is 339 g/mol. The quantitative estimate of drug-likeness (QED) is 0.696. The molecule has 0 aliphatic carbocycles. The van der Waals surface area contributed by atoms with E-state index in [4.69, 9.17) is 5.73 Å². The standard InChI is InChI=1S/C19H18BrN/c1-2-13-7-3-4-8-14(13)19(21)17-11-12-18(20)16-10-6-5-9-15(16)17/h3-12,19H,2,21H2,1H3. The maximum absolute atomic E-state index is 6.59. The molecule has 0 radical (unpaired) electrons. The molecule has 106 valence electrons. The van der Waals surface area contributed by atoms with Crippen LogP contribution in [0.3, 0.4) is 0 Å². The number of halogens is 1. The molecule has 1 nitrogen and oxygen atoms in total. The highest BCUT2D eigenvalue weighted by Crippen LogP contribution is 2.32. The van der Waals surface area contributed by atoms with Gasteiger partial charge in [0.05, 0.1) is 6.04 Å². The Labute approximate surface area is 133 Å². The lowest BCUT2D eigenvalue weighted by molar-refractivity contribution is 0.857. The van der Waals surface area contributed by atoms with Crippen molar-refractivity contribution in [2.24, 2.45) is 5.73 Å². The van der Waals surface area contributed by atoms with Gasteiger partial charge in [0, 0.05) is 4.47 Å². The smallest absolute Gasteiger partial charge is 0.0560 e. The Morgan fingerprint density at radius 1 is 0.857 bits per heavy atom. The first-order valence-electron chi connectivity index (χ1n) is 7.23. The number of benzene rings is 3. The van der Waals surface area contributed by atoms with Crippen molar-refractivity contribution in [3.8, 4) is 0 Å². The molecule has 0 saturated carbocycles. The summed E-state index contributed by atoms with van der Waals surface area (Å²) in [7, 11) is 0. The maximum Gasteiger partial charge on any atom is 0.0560 e. The molecule has 3 rings (SSSR count). The van der Waals surface area contributed by atoms with E-state index in [-0.39, 0.29) is 6.04 Å². The molecule has 0 aliphatic heterocycles. The summed E-state index contributed by atoms with van der Waals surface area (Å²) in [6.07, 6.45) is 0.998. The van der Waals surface area contributed by atoms with Gasteiger partial charge in [-0.05, 0) is 39.9 Å². The van der Waals surface area contributed by atoms with Crippen LogP contribution in [-0.2, 0) is 6.42 Å². The van der Waals surface area contributed by atoms with Crippen molar-refractivity contribution in [2.75, 3.05) is 0 Å². The van der Waals surface area contributed by atoms with Crippen molar-refractivity contribution >= 4 is 26.7 Å². The highest BCUT2D eigenvalue weighted by atomic mass is 79.9. The zero-order valence-corrected chi connectivity index (χ0v) is 13.6. The molecule has 0 amide bonds. The molecule has 3 aromatic carbocycles. The fraction of sp³-hybridized carbons (Fsp3) is 0.158. The molecule has 21 heavy (non-hydrogen) atoms. The second-order valence-corrected chi connectivity index (χ2v) is 6.07. The van der Waals surface area contributed by atoms with Crippen molar-refractivity contribution in [3.05, 3.63) is 81.8 Å². The first-order chi connectivity index (χ1) is 10.2. The second-order valence-electron chi connectivity index (χ2n) is 5.21. The second kappa shape index (κ2) is 6.00. The van der Waals surface area contributed by atoms with Crippen LogP contribution in [0, 0.1) is 0 Å². The SMILES string of the molecule is CCc1ccccc1C(N)c1ccc(Br)c2ccccc12. The van der Waals surface area contributed by atoms with Crippen LogP contribution < -0.4 is 5.73 Å². The summed E-state index contributed by atoms with van der Waals surface area (Å²) in [5.74, 6) is 0. The van der Waals surface area contributed by atoms with Crippen molar-refractivity contribution in [1.29, 1.82) is 0 Å². The molecule has 0 fully saturated rings. The van der Waals surface area contributed by atoms with Gasteiger partial charge in [0.25, 0.3) is 0 Å². The summed E-state index contributed by atoms with van der Waals surface area (Å²) >= 11 is 3.62. The third-order valence-corrected chi connectivity index (χ3v) is 4.70. The topological polar surface area (TPSA) is 26.0 Å². The zero-order valence-electron chi connectivity index (χ0n) is 12.0. The minimum Gasteiger partial charge on any atom is -0.320 e. The number of hydrogen-bond acceptors (Lipinski definition) is 1. The van der Waals surface area contributed by atoms with Gasteiger partial charge < -0.3 is 5.73 Å². The van der Waals surface area contributed by atoms with Crippen LogP contribution in [0.5, 0.6) is 0 Å². The van der Waals surface area contributed by atoms with Crippen LogP contribution in [0.1, 0.15) is 29.7 Å². The normalized spacial score (nSPS) is 12.5. The van der Waals surface area contributed by atoms with Gasteiger partial charge in [-0.1, -0.05) is 77.5 Å². The van der Waals surface area contributed by atoms with E-state index in [1.165, 1.54) is 27.5 Å². The largest absolute Gasteiger partial charge is 0.320 e. The van der Waals surface area contributed by atoms with E-state index in [2.05, 4.69) is 83.5 Å². The lowest BCUT2D eigenvalue weighted by atomic mass is 9.91. The lowest BCUT2D eigenvalue weighted by Crippen LogP contribution is -2.14. The number of hydrogen-bond donors (Lipinski definition) is 1. The molecule has 2 N–H and O–H groups in total. The highest BCUT2D eigenvalue weighted by molar-refractivity contribution is 9.10. The van der Waals surface area contributed by atoms with Gasteiger partial charge >= 0.3 is 0 Å². The molecule has 1 unspecified atom stereocenters. The molecule has 2 heteroatoms. The Morgan fingerprint density at radius 3 is 2.29 bits per heavy atom. The summed E-state index contributed by atoms with van der Waals surface area (Å²) in [5, 5.41) is 2.42. The summed E-state index contributed by atoms with van der Waals surface area (Å²) in [6, 6.07) is 21.0. The molecule has 0 aromatic heterocycles. The van der Waals surface area contributed by atoms with Crippen molar-refractivity contribution < 1.29 is 0 Å². The van der Waals surface area contributed by atoms with E-state index in [0.29, 0.717) is 0 Å². The molecule has 0 aliphatic rings. The Kier molecular flexibility index (Phi) is 4.09. The summed E-state index contributed by atoms with van der Waals surface area (Å²) < 4.78 is 1.11. The third kappa shape index (κ3) is 2.61. The fourth-order valence-corrected chi connectivity index (χ4v) is 3.36. The Bertz CT molecular complexity index is 779. The average molecular weight is 340 g/mol. The van der Waals surface area contributed by atoms with Crippen LogP contribution >= 0.6 is 15.9 Å². The maximum atomic E-state index is 6.59. The first-order valence-corrected chi connectivity index (χ1v) is 8.02. The Hall–Kier alpha value is -1.64. The molecular weight excluding hydrogens is 322 g/mol. The molecular formula is C19H18BrN. The minimum absolute atomic E-state index is 0.0980. The first kappa shape index (κ1) is 14.3. The van der Waals surface area contributed by atoms with Crippen molar-refractivity contribution in [3.63, 3.8) is 0 Å². The van der Waals surface area contributed by atoms with Crippen LogP contribution in [0.2, 0.25) is 0 Å². The van der Waals surface area contributed by atoms with E-state index in [0.717, 1.165) is 10.9 Å². The van der Waals surface area contributed by atoms with Gasteiger partial charge in [0.2, 0.25) is 0 Å². The van der Waals surface area contributed by atoms with Crippen molar-refractivity contribution in [1.82, 2.24) is 0 Å². The van der Waals surface area contributed by atoms with Gasteiger partial charge in [-0.25, -0.2) is 0 Å². The molecule has 0 saturated heterocycles. The van der Waals surface area contributed by atoms with Gasteiger partial charge in [-0.3, -0.25) is 0 Å². The van der Waals surface area contributed by atoms with E-state index in [9.17, 15) is 0 Å². The molecule has 0 heterocycles. The Balaban J connectivity index is 2.18. The third-order valence-electron chi connectivity index (χ3n) is 4.01.